The van der Waals surface area contributed by atoms with E-state index in [4.69, 9.17) is 12.2 Å². The van der Waals surface area contributed by atoms with Crippen molar-refractivity contribution in [1.29, 1.82) is 0 Å². The number of nitrogens with zero attached hydrogens (tertiary/aromatic N) is 4. The van der Waals surface area contributed by atoms with E-state index in [1.807, 2.05) is 7.05 Å². The first-order valence-electron chi connectivity index (χ1n) is 7.85. The van der Waals surface area contributed by atoms with E-state index >= 15 is 0 Å². The number of halogens is 2. The lowest BCUT2D eigenvalue weighted by atomic mass is 10.2. The summed E-state index contributed by atoms with van der Waals surface area (Å²) in [5.74, 6) is 0.242. The number of aromatic nitrogens is 3. The highest BCUT2D eigenvalue weighted by Crippen LogP contribution is 2.24. The van der Waals surface area contributed by atoms with Crippen LogP contribution in [0.1, 0.15) is 11.8 Å². The van der Waals surface area contributed by atoms with E-state index in [0.717, 1.165) is 16.9 Å². The zero-order valence-corrected chi connectivity index (χ0v) is 17.2. The van der Waals surface area contributed by atoms with Gasteiger partial charge in [-0.15, -0.1) is 11.3 Å². The van der Waals surface area contributed by atoms with E-state index < -0.39 is 0 Å². The molecule has 0 radical (unpaired) electrons. The lowest BCUT2D eigenvalue weighted by Gasteiger charge is -2.19. The number of hydrogen-bond donors (Lipinski definition) is 0. The van der Waals surface area contributed by atoms with Crippen molar-refractivity contribution < 1.29 is 4.39 Å². The second-order valence-corrected chi connectivity index (χ2v) is 8.55. The van der Waals surface area contributed by atoms with Crippen molar-refractivity contribution in [2.75, 3.05) is 6.54 Å². The molecule has 0 aliphatic carbocycles. The summed E-state index contributed by atoms with van der Waals surface area (Å²) in [6, 6.07) is 10.8. The Morgan fingerprint density at radius 2 is 2.04 bits per heavy atom. The van der Waals surface area contributed by atoms with Gasteiger partial charge in [0, 0.05) is 18.5 Å². The quantitative estimate of drug-likeness (QED) is 0.500. The molecule has 4 nitrogen and oxygen atoms in total. The molecule has 0 saturated carbocycles. The maximum absolute atomic E-state index is 14.1. The molecule has 3 rings (SSSR count). The highest BCUT2D eigenvalue weighted by Gasteiger charge is 2.15. The minimum absolute atomic E-state index is 0.298. The van der Waals surface area contributed by atoms with E-state index in [1.165, 1.54) is 10.9 Å². The Morgan fingerprint density at radius 1 is 1.28 bits per heavy atom. The molecule has 25 heavy (non-hydrogen) atoms. The zero-order valence-electron chi connectivity index (χ0n) is 13.9. The molecule has 0 N–H and O–H groups in total. The molecule has 0 bridgehead atoms. The van der Waals surface area contributed by atoms with E-state index in [-0.39, 0.29) is 5.82 Å². The number of rotatable bonds is 6. The van der Waals surface area contributed by atoms with Gasteiger partial charge in [-0.05, 0) is 59.0 Å². The lowest BCUT2D eigenvalue weighted by Crippen LogP contribution is -2.26. The summed E-state index contributed by atoms with van der Waals surface area (Å²) in [5.41, 5.74) is 0.458. The van der Waals surface area contributed by atoms with Crippen LogP contribution in [0.3, 0.4) is 0 Å². The van der Waals surface area contributed by atoms with Gasteiger partial charge in [0.15, 0.2) is 10.6 Å². The predicted octanol–water partition coefficient (Wildman–Crippen LogP) is 5.06. The van der Waals surface area contributed by atoms with Crippen molar-refractivity contribution in [2.45, 2.75) is 20.1 Å². The summed E-state index contributed by atoms with van der Waals surface area (Å²) < 4.78 is 19.3. The molecule has 0 aliphatic rings. The fourth-order valence-electron chi connectivity index (χ4n) is 2.57. The molecule has 0 aliphatic heterocycles. The first-order chi connectivity index (χ1) is 12.0. The molecule has 0 amide bonds. The number of hydrogen-bond acceptors (Lipinski definition) is 4. The van der Waals surface area contributed by atoms with Crippen molar-refractivity contribution >= 4 is 39.5 Å². The maximum atomic E-state index is 14.1. The normalized spacial score (nSPS) is 11.4. The fourth-order valence-corrected chi connectivity index (χ4v) is 4.28. The average Bonchev–Trinajstić information content (AvgIpc) is 3.13. The summed E-state index contributed by atoms with van der Waals surface area (Å²) in [7, 11) is 1.82. The number of thiophene rings is 1. The van der Waals surface area contributed by atoms with Crippen LogP contribution in [0.4, 0.5) is 4.39 Å². The third kappa shape index (κ3) is 4.08. The molecule has 0 saturated heterocycles. The molecule has 8 heteroatoms. The first-order valence-corrected chi connectivity index (χ1v) is 9.86. The van der Waals surface area contributed by atoms with Gasteiger partial charge in [0.25, 0.3) is 0 Å². The van der Waals surface area contributed by atoms with Crippen molar-refractivity contribution in [2.24, 2.45) is 7.05 Å². The molecule has 2 heterocycles. The van der Waals surface area contributed by atoms with E-state index in [9.17, 15) is 4.39 Å². The zero-order chi connectivity index (χ0) is 18.0. The van der Waals surface area contributed by atoms with E-state index in [2.05, 4.69) is 45.0 Å². The van der Waals surface area contributed by atoms with Crippen LogP contribution in [0.25, 0.3) is 11.4 Å². The fraction of sp³-hybridized carbons (Fsp3) is 0.294. The summed E-state index contributed by atoms with van der Waals surface area (Å²) in [4.78, 5) is 3.51. The smallest absolute Gasteiger partial charge is 0.199 e. The van der Waals surface area contributed by atoms with Crippen molar-refractivity contribution in [3.8, 4) is 11.4 Å². The summed E-state index contributed by atoms with van der Waals surface area (Å²) in [6.45, 7) is 4.35. The molecule has 0 fully saturated rings. The Kier molecular flexibility index (Phi) is 5.83. The molecular weight excluding hydrogens is 423 g/mol. The van der Waals surface area contributed by atoms with Crippen molar-refractivity contribution in [1.82, 2.24) is 19.2 Å². The molecule has 0 spiro atoms. The van der Waals surface area contributed by atoms with Crippen LogP contribution in [-0.2, 0) is 20.3 Å². The Morgan fingerprint density at radius 3 is 2.68 bits per heavy atom. The standard InChI is InChI=1S/C17H18BrFN4S2/c1-3-22(10-12-8-9-15(18)25-12)11-23-17(24)21(2)16(20-23)13-6-4-5-7-14(13)19/h4-9H,3,10-11H2,1-2H3. The first kappa shape index (κ1) is 18.4. The van der Waals surface area contributed by atoms with Crippen LogP contribution in [-0.4, -0.2) is 25.8 Å². The van der Waals surface area contributed by atoms with Crippen molar-refractivity contribution in [3.63, 3.8) is 0 Å². The molecule has 1 aromatic carbocycles. The molecule has 2 aromatic heterocycles. The predicted molar refractivity (Wildman–Crippen MR) is 106 cm³/mol. The van der Waals surface area contributed by atoms with Gasteiger partial charge in [-0.25, -0.2) is 9.07 Å². The van der Waals surface area contributed by atoms with Crippen LogP contribution < -0.4 is 0 Å². The highest BCUT2D eigenvalue weighted by molar-refractivity contribution is 9.11. The Balaban J connectivity index is 1.86. The average molecular weight is 441 g/mol. The summed E-state index contributed by atoms with van der Waals surface area (Å²) in [5, 5.41) is 4.56. The minimum Gasteiger partial charge on any atom is -0.303 e. The van der Waals surface area contributed by atoms with Crippen LogP contribution in [0.2, 0.25) is 0 Å². The van der Waals surface area contributed by atoms with Crippen LogP contribution >= 0.6 is 39.5 Å². The van der Waals surface area contributed by atoms with Gasteiger partial charge in [-0.2, -0.15) is 5.10 Å². The third-order valence-corrected chi connectivity index (χ3v) is 6.04. The highest BCUT2D eigenvalue weighted by atomic mass is 79.9. The van der Waals surface area contributed by atoms with Gasteiger partial charge < -0.3 is 4.57 Å². The third-order valence-electron chi connectivity index (χ3n) is 3.95. The lowest BCUT2D eigenvalue weighted by molar-refractivity contribution is 0.209. The molecule has 0 atom stereocenters. The van der Waals surface area contributed by atoms with Gasteiger partial charge in [0.05, 0.1) is 16.0 Å². The summed E-state index contributed by atoms with van der Waals surface area (Å²) >= 11 is 10.7. The van der Waals surface area contributed by atoms with Crippen molar-refractivity contribution in [3.05, 3.63) is 55.7 Å². The van der Waals surface area contributed by atoms with Crippen LogP contribution in [0.15, 0.2) is 40.2 Å². The maximum Gasteiger partial charge on any atom is 0.199 e. The van der Waals surface area contributed by atoms with Gasteiger partial charge in [0.1, 0.15) is 5.82 Å². The molecule has 3 aromatic rings. The molecule has 132 valence electrons. The Hall–Kier alpha value is -1.35. The van der Waals surface area contributed by atoms with E-state index in [1.54, 1.807) is 38.8 Å². The van der Waals surface area contributed by atoms with Gasteiger partial charge >= 0.3 is 0 Å². The van der Waals surface area contributed by atoms with Crippen LogP contribution in [0.5, 0.6) is 0 Å². The second-order valence-electron chi connectivity index (χ2n) is 5.64. The second kappa shape index (κ2) is 7.90. The van der Waals surface area contributed by atoms with E-state index in [0.29, 0.717) is 22.8 Å². The molecular formula is C17H18BrFN4S2. The van der Waals surface area contributed by atoms with Gasteiger partial charge in [-0.1, -0.05) is 19.1 Å². The van der Waals surface area contributed by atoms with Crippen LogP contribution in [0, 0.1) is 10.6 Å². The Bertz CT molecular complexity index is 931. The largest absolute Gasteiger partial charge is 0.303 e. The minimum atomic E-state index is -0.298. The number of benzene rings is 1. The molecule has 0 unspecified atom stereocenters. The topological polar surface area (TPSA) is 26.0 Å². The monoisotopic (exact) mass is 440 g/mol. The van der Waals surface area contributed by atoms with Gasteiger partial charge in [-0.3, -0.25) is 4.90 Å². The Labute approximate surface area is 163 Å². The summed E-state index contributed by atoms with van der Waals surface area (Å²) in [6.07, 6.45) is 0. The SMILES string of the molecule is CCN(Cc1ccc(Br)s1)Cn1nc(-c2ccccc2F)n(C)c1=S. The van der Waals surface area contributed by atoms with Gasteiger partial charge in [0.2, 0.25) is 0 Å².